The van der Waals surface area contributed by atoms with E-state index in [0.29, 0.717) is 19.3 Å². The van der Waals surface area contributed by atoms with Crippen LogP contribution < -0.4 is 0 Å². The van der Waals surface area contributed by atoms with Crippen molar-refractivity contribution in [1.29, 1.82) is 0 Å². The summed E-state index contributed by atoms with van der Waals surface area (Å²) in [6.45, 7) is 2.48. The summed E-state index contributed by atoms with van der Waals surface area (Å²) in [5.74, 6) is -1.57. The Bertz CT molecular complexity index is 2440. The summed E-state index contributed by atoms with van der Waals surface area (Å²) >= 11 is 0. The maximum atomic E-state index is 13.0. The fourth-order valence-electron chi connectivity index (χ4n) is 11.1. The molecule has 105 heavy (non-hydrogen) atoms. The molecule has 0 aliphatic heterocycles. The second kappa shape index (κ2) is 79.2. The van der Waals surface area contributed by atoms with Gasteiger partial charge < -0.3 is 34.2 Å². The maximum absolute atomic E-state index is 13.0. The minimum Gasteiger partial charge on any atom is -0.463 e. The first-order valence-electron chi connectivity index (χ1n) is 41.5. The van der Waals surface area contributed by atoms with Gasteiger partial charge in [0.1, 0.15) is 25.4 Å². The predicted molar refractivity (Wildman–Crippen MR) is 436 cm³/mol. The van der Waals surface area contributed by atoms with E-state index < -0.39 is 91.5 Å². The van der Waals surface area contributed by atoms with Gasteiger partial charge in [-0.3, -0.25) is 32.5 Å². The normalized spacial score (nSPS) is 14.6. The van der Waals surface area contributed by atoms with E-state index in [-0.39, 0.29) is 19.3 Å². The Morgan fingerprint density at radius 3 is 0.800 bits per heavy atom. The van der Waals surface area contributed by atoms with E-state index in [9.17, 15) is 43.5 Å². The molecule has 0 heterocycles. The molecular weight excluding hydrogens is 1360 g/mol. The number of ether oxygens (including phenoxy) is 3. The van der Waals surface area contributed by atoms with Gasteiger partial charge in [0.05, 0.1) is 26.4 Å². The Labute approximate surface area is 639 Å². The van der Waals surface area contributed by atoms with Crippen molar-refractivity contribution in [3.8, 4) is 0 Å². The van der Waals surface area contributed by atoms with E-state index in [0.717, 1.165) is 161 Å². The van der Waals surface area contributed by atoms with Crippen molar-refractivity contribution >= 4 is 33.6 Å². The van der Waals surface area contributed by atoms with E-state index in [2.05, 4.69) is 154 Å². The molecule has 0 amide bonds. The molecule has 5 atom stereocenters. The molecule has 4 N–H and O–H groups in total. The number of aliphatic hydroxyl groups excluding tert-OH is 2. The van der Waals surface area contributed by atoms with Gasteiger partial charge in [-0.25, -0.2) is 9.13 Å². The molecule has 0 spiro atoms. The van der Waals surface area contributed by atoms with Crippen molar-refractivity contribution in [2.75, 3.05) is 39.6 Å². The van der Waals surface area contributed by atoms with E-state index in [1.54, 1.807) is 0 Å². The molecule has 0 fully saturated rings. The van der Waals surface area contributed by atoms with Crippen LogP contribution in [-0.4, -0.2) is 95.9 Å². The highest BCUT2D eigenvalue weighted by Crippen LogP contribution is 2.45. The third-order valence-corrected chi connectivity index (χ3v) is 19.3. The number of allylic oxidation sites excluding steroid dienone is 22. The Morgan fingerprint density at radius 1 is 0.276 bits per heavy atom. The zero-order valence-corrected chi connectivity index (χ0v) is 67.9. The van der Waals surface area contributed by atoms with Crippen LogP contribution in [0.1, 0.15) is 342 Å². The number of rotatable bonds is 78. The summed E-state index contributed by atoms with van der Waals surface area (Å²) in [4.78, 5) is 58.8. The van der Waals surface area contributed by atoms with Crippen molar-refractivity contribution in [3.05, 3.63) is 134 Å². The average Bonchev–Trinajstić information content (AvgIpc) is 0.913. The number of hydrogen-bond acceptors (Lipinski definition) is 14. The monoisotopic (exact) mass is 1510 g/mol. The van der Waals surface area contributed by atoms with Gasteiger partial charge in [0.2, 0.25) is 0 Å². The third kappa shape index (κ3) is 80.5. The van der Waals surface area contributed by atoms with Crippen molar-refractivity contribution in [2.45, 2.75) is 360 Å². The van der Waals surface area contributed by atoms with Crippen LogP contribution >= 0.6 is 15.6 Å². The van der Waals surface area contributed by atoms with Crippen LogP contribution in [0.4, 0.5) is 0 Å². The van der Waals surface area contributed by atoms with Crippen LogP contribution in [0.25, 0.3) is 0 Å². The summed E-state index contributed by atoms with van der Waals surface area (Å²) < 4.78 is 61.3. The van der Waals surface area contributed by atoms with Gasteiger partial charge in [-0.05, 0) is 116 Å². The lowest BCUT2D eigenvalue weighted by molar-refractivity contribution is -0.161. The quantitative estimate of drug-likeness (QED) is 0.0146. The number of phosphoric ester groups is 2. The third-order valence-electron chi connectivity index (χ3n) is 17.4. The van der Waals surface area contributed by atoms with E-state index in [4.69, 9.17) is 32.3 Å². The Kier molecular flexibility index (Phi) is 76.0. The summed E-state index contributed by atoms with van der Waals surface area (Å²) in [5.41, 5.74) is 0. The van der Waals surface area contributed by atoms with Crippen molar-refractivity contribution in [1.82, 2.24) is 0 Å². The highest BCUT2D eigenvalue weighted by Gasteiger charge is 2.29. The van der Waals surface area contributed by atoms with Crippen molar-refractivity contribution < 1.29 is 75.8 Å². The number of carbonyl (C=O) groups excluding carboxylic acids is 3. The highest BCUT2D eigenvalue weighted by atomic mass is 31.2. The number of hydrogen-bond donors (Lipinski definition) is 4. The first-order chi connectivity index (χ1) is 51.2. The van der Waals surface area contributed by atoms with Gasteiger partial charge in [0.25, 0.3) is 0 Å². The van der Waals surface area contributed by atoms with Gasteiger partial charge in [-0.2, -0.15) is 0 Å². The first-order valence-corrected chi connectivity index (χ1v) is 44.5. The van der Waals surface area contributed by atoms with E-state index >= 15 is 0 Å². The molecule has 604 valence electrons. The minimum absolute atomic E-state index is 0.105. The lowest BCUT2D eigenvalue weighted by Gasteiger charge is -2.21. The van der Waals surface area contributed by atoms with Gasteiger partial charge >= 0.3 is 33.6 Å². The van der Waals surface area contributed by atoms with E-state index in [1.807, 2.05) is 0 Å². The lowest BCUT2D eigenvalue weighted by atomic mass is 10.0. The van der Waals surface area contributed by atoms with Crippen LogP contribution in [-0.2, 0) is 55.8 Å². The summed E-state index contributed by atoms with van der Waals surface area (Å²) in [5, 5.41) is 20.7. The lowest BCUT2D eigenvalue weighted by Crippen LogP contribution is -2.30. The SMILES string of the molecule is CC/C=C\C/C=C\C/C=C\C/C=C\C/C=C\C/C=C\CCCCCCCCCCCCC(=O)OCC(O)COP(=O)(O)OCC(O)COP(=O)(O)OCC(COC(=O)CCCCCCCCCCC/C=C\C/C=C\C/C=C\C/C=C\C/C=C\CC)OC(=O)CCCCCCCCCCCCCCCCC. The zero-order chi connectivity index (χ0) is 76.6. The molecule has 0 aliphatic rings. The molecule has 0 saturated carbocycles. The highest BCUT2D eigenvalue weighted by molar-refractivity contribution is 7.47. The first kappa shape index (κ1) is 101. The predicted octanol–water partition coefficient (Wildman–Crippen LogP) is 24.7. The topological polar surface area (TPSA) is 231 Å². The van der Waals surface area contributed by atoms with Gasteiger partial charge in [0.15, 0.2) is 6.10 Å². The Morgan fingerprint density at radius 2 is 0.505 bits per heavy atom. The van der Waals surface area contributed by atoms with Crippen LogP contribution in [0.15, 0.2) is 134 Å². The fraction of sp³-hybridized carbons (Fsp3) is 0.713. The minimum atomic E-state index is -4.93. The Balaban J connectivity index is 4.54. The van der Waals surface area contributed by atoms with Crippen LogP contribution in [0.3, 0.4) is 0 Å². The average molecular weight is 1510 g/mol. The molecule has 16 nitrogen and oxygen atoms in total. The molecule has 0 aromatic carbocycles. The van der Waals surface area contributed by atoms with Crippen LogP contribution in [0.5, 0.6) is 0 Å². The molecule has 0 radical (unpaired) electrons. The number of aliphatic hydroxyl groups is 2. The maximum Gasteiger partial charge on any atom is 0.472 e. The van der Waals surface area contributed by atoms with Crippen molar-refractivity contribution in [3.63, 3.8) is 0 Å². The number of carbonyl (C=O) groups is 3. The van der Waals surface area contributed by atoms with Crippen LogP contribution in [0, 0.1) is 0 Å². The smallest absolute Gasteiger partial charge is 0.463 e. The largest absolute Gasteiger partial charge is 0.472 e. The van der Waals surface area contributed by atoms with Gasteiger partial charge in [-0.1, -0.05) is 341 Å². The molecule has 5 unspecified atom stereocenters. The summed E-state index contributed by atoms with van der Waals surface area (Å²) in [6.07, 6.45) is 96.3. The molecule has 0 aromatic rings. The van der Waals surface area contributed by atoms with Crippen LogP contribution in [0.2, 0.25) is 0 Å². The second-order valence-corrected chi connectivity index (χ2v) is 30.4. The van der Waals surface area contributed by atoms with Crippen molar-refractivity contribution in [2.24, 2.45) is 0 Å². The number of esters is 3. The fourth-order valence-corrected chi connectivity index (χ4v) is 12.7. The molecular formula is C87H150O16P2. The molecule has 0 aliphatic carbocycles. The number of unbranched alkanes of at least 4 members (excludes halogenated alkanes) is 33. The molecule has 0 aromatic heterocycles. The summed E-state index contributed by atoms with van der Waals surface area (Å²) in [7, 11) is -9.79. The van der Waals surface area contributed by atoms with Gasteiger partial charge in [0, 0.05) is 19.3 Å². The zero-order valence-electron chi connectivity index (χ0n) is 66.1. The molecule has 0 bridgehead atoms. The standard InChI is InChI=1S/C87H150O16P2/c1-4-7-10-13-16-19-22-25-28-30-32-34-36-38-39-40-41-43-45-46-48-50-53-55-58-61-64-67-70-73-85(90)97-76-82(88)77-99-104(93,94)100-78-83(89)79-101-105(95,96)102-81-84(103-87(92)75-72-69-66-63-60-57-52-27-24-21-18-15-12-9-6-3)80-98-86(91)74-71-68-65-62-59-56-54-51-49-47-44-42-37-35-33-31-29-26-23-20-17-14-11-8-5-2/h7-8,10-11,16-17,19-20,25-26,28-29,32-35,38-39,41-44,82-84,88-89H,4-6,9,12-15,18,21-24,27,30-31,36-37,40,45-81H2,1-3H3,(H,93,94)(H,95,96)/b10-7-,11-8-,19-16-,20-17-,28-25-,29-26-,34-32-,35-33-,39-38-,43-41-,44-42-. The molecule has 0 saturated heterocycles. The number of phosphoric acid groups is 2. The van der Waals surface area contributed by atoms with E-state index in [1.165, 1.54) is 122 Å². The molecule has 0 rings (SSSR count). The second-order valence-electron chi connectivity index (χ2n) is 27.5. The molecule has 18 heteroatoms. The summed E-state index contributed by atoms with van der Waals surface area (Å²) in [6, 6.07) is 0. The van der Waals surface area contributed by atoms with Gasteiger partial charge in [-0.15, -0.1) is 0 Å². The Hall–Kier alpha value is -4.31.